The van der Waals surface area contributed by atoms with Crippen molar-refractivity contribution in [1.82, 2.24) is 9.88 Å². The van der Waals surface area contributed by atoms with Crippen LogP contribution in [0.1, 0.15) is 15.4 Å². The third-order valence-corrected chi connectivity index (χ3v) is 5.87. The number of anilines is 1. The van der Waals surface area contributed by atoms with Crippen LogP contribution in [0.5, 0.6) is 0 Å². The number of thiazole rings is 1. The summed E-state index contributed by atoms with van der Waals surface area (Å²) in [6.07, 6.45) is 0. The Labute approximate surface area is 172 Å². The largest absolute Gasteiger partial charge is 0.348 e. The summed E-state index contributed by atoms with van der Waals surface area (Å²) in [6.45, 7) is 1.98. The Hall–Kier alpha value is -2.64. The van der Waals surface area contributed by atoms with Crippen LogP contribution in [-0.4, -0.2) is 41.5 Å². The van der Waals surface area contributed by atoms with Gasteiger partial charge in [-0.2, -0.15) is 0 Å². The molecule has 3 aromatic rings. The minimum atomic E-state index is -0.197. The number of carbonyl (C=O) groups excluding carboxylic acids is 2. The summed E-state index contributed by atoms with van der Waals surface area (Å²) in [5.41, 5.74) is 3.22. The molecule has 0 radical (unpaired) electrons. The van der Waals surface area contributed by atoms with E-state index >= 15 is 0 Å². The summed E-state index contributed by atoms with van der Waals surface area (Å²) >= 11 is 2.98. The Morgan fingerprint density at radius 3 is 2.46 bits per heavy atom. The SMILES string of the molecule is Cc1nc(-c2ccc(NC(=O)c3ccccc3SCC(=O)N(C)C)cc2)cs1. The number of carbonyl (C=O) groups is 2. The first-order valence-corrected chi connectivity index (χ1v) is 10.6. The lowest BCUT2D eigenvalue weighted by Gasteiger charge is -2.12. The molecule has 144 valence electrons. The van der Waals surface area contributed by atoms with E-state index in [1.165, 1.54) is 11.8 Å². The Kier molecular flexibility index (Phi) is 6.49. The van der Waals surface area contributed by atoms with Gasteiger partial charge in [-0.05, 0) is 31.2 Å². The van der Waals surface area contributed by atoms with Crippen LogP contribution in [0.2, 0.25) is 0 Å². The van der Waals surface area contributed by atoms with Crippen LogP contribution in [-0.2, 0) is 4.79 Å². The van der Waals surface area contributed by atoms with E-state index in [2.05, 4.69) is 10.3 Å². The van der Waals surface area contributed by atoms with Gasteiger partial charge in [0.05, 0.1) is 22.0 Å². The van der Waals surface area contributed by atoms with Crippen molar-refractivity contribution in [3.05, 3.63) is 64.5 Å². The van der Waals surface area contributed by atoms with E-state index in [1.54, 1.807) is 36.4 Å². The van der Waals surface area contributed by atoms with Crippen LogP contribution in [0.25, 0.3) is 11.3 Å². The molecule has 0 saturated heterocycles. The lowest BCUT2D eigenvalue weighted by Crippen LogP contribution is -2.23. The van der Waals surface area contributed by atoms with Crippen molar-refractivity contribution in [2.45, 2.75) is 11.8 Å². The molecule has 5 nitrogen and oxygen atoms in total. The fourth-order valence-corrected chi connectivity index (χ4v) is 4.12. The van der Waals surface area contributed by atoms with Gasteiger partial charge in [-0.25, -0.2) is 4.98 Å². The average Bonchev–Trinajstić information content (AvgIpc) is 3.13. The number of aryl methyl sites for hydroxylation is 1. The fourth-order valence-electron chi connectivity index (χ4n) is 2.47. The van der Waals surface area contributed by atoms with Crippen molar-refractivity contribution in [3.8, 4) is 11.3 Å². The van der Waals surface area contributed by atoms with Crippen LogP contribution < -0.4 is 5.32 Å². The molecule has 1 N–H and O–H groups in total. The molecule has 0 spiro atoms. The zero-order valence-electron chi connectivity index (χ0n) is 15.9. The number of benzene rings is 2. The third-order valence-electron chi connectivity index (χ3n) is 4.04. The molecule has 0 aliphatic carbocycles. The first-order chi connectivity index (χ1) is 13.4. The van der Waals surface area contributed by atoms with E-state index in [0.29, 0.717) is 17.0 Å². The normalized spacial score (nSPS) is 10.5. The quantitative estimate of drug-likeness (QED) is 0.605. The van der Waals surface area contributed by atoms with Crippen molar-refractivity contribution in [2.75, 3.05) is 25.2 Å². The van der Waals surface area contributed by atoms with E-state index in [0.717, 1.165) is 21.2 Å². The summed E-state index contributed by atoms with van der Waals surface area (Å²) in [5.74, 6) is 0.102. The molecule has 0 aliphatic rings. The van der Waals surface area contributed by atoms with Crippen LogP contribution >= 0.6 is 23.1 Å². The van der Waals surface area contributed by atoms with Crippen LogP contribution in [0.3, 0.4) is 0 Å². The van der Waals surface area contributed by atoms with Crippen molar-refractivity contribution in [1.29, 1.82) is 0 Å². The maximum absolute atomic E-state index is 12.7. The summed E-state index contributed by atoms with van der Waals surface area (Å²) in [7, 11) is 3.44. The molecule has 3 rings (SSSR count). The molecule has 7 heteroatoms. The maximum Gasteiger partial charge on any atom is 0.256 e. The Morgan fingerprint density at radius 1 is 1.11 bits per heavy atom. The maximum atomic E-state index is 12.7. The molecule has 1 heterocycles. The van der Waals surface area contributed by atoms with Gasteiger partial charge in [-0.3, -0.25) is 9.59 Å². The van der Waals surface area contributed by atoms with Gasteiger partial charge in [0.15, 0.2) is 0 Å². The summed E-state index contributed by atoms with van der Waals surface area (Å²) in [5, 5.41) is 5.97. The highest BCUT2D eigenvalue weighted by Gasteiger charge is 2.14. The molecule has 2 aromatic carbocycles. The van der Waals surface area contributed by atoms with Crippen molar-refractivity contribution < 1.29 is 9.59 Å². The summed E-state index contributed by atoms with van der Waals surface area (Å²) in [4.78, 5) is 31.4. The lowest BCUT2D eigenvalue weighted by molar-refractivity contribution is -0.125. The van der Waals surface area contributed by atoms with Gasteiger partial charge < -0.3 is 10.2 Å². The lowest BCUT2D eigenvalue weighted by atomic mass is 10.1. The zero-order chi connectivity index (χ0) is 20.1. The van der Waals surface area contributed by atoms with Crippen LogP contribution in [0.4, 0.5) is 5.69 Å². The first-order valence-electron chi connectivity index (χ1n) is 8.70. The summed E-state index contributed by atoms with van der Waals surface area (Å²) < 4.78 is 0. The molecular formula is C21H21N3O2S2. The predicted octanol–water partition coefficient (Wildman–Crippen LogP) is 4.55. The van der Waals surface area contributed by atoms with Gasteiger partial charge in [0.25, 0.3) is 5.91 Å². The highest BCUT2D eigenvalue weighted by Crippen LogP contribution is 2.26. The number of hydrogen-bond donors (Lipinski definition) is 1. The molecule has 1 aromatic heterocycles. The molecule has 0 fully saturated rings. The topological polar surface area (TPSA) is 62.3 Å². The molecule has 0 unspecified atom stereocenters. The van der Waals surface area contributed by atoms with Gasteiger partial charge in [0, 0.05) is 35.6 Å². The van der Waals surface area contributed by atoms with Crippen molar-refractivity contribution in [2.24, 2.45) is 0 Å². The molecule has 0 bridgehead atoms. The number of rotatable bonds is 6. The standard InChI is InChI=1S/C21H21N3O2S2/c1-14-22-18(12-27-14)15-8-10-16(11-9-15)23-21(26)17-6-4-5-7-19(17)28-13-20(25)24(2)3/h4-12H,13H2,1-3H3,(H,23,26). The van der Waals surface area contributed by atoms with Gasteiger partial charge in [0.2, 0.25) is 5.91 Å². The van der Waals surface area contributed by atoms with Crippen LogP contribution in [0, 0.1) is 6.92 Å². The van der Waals surface area contributed by atoms with E-state index < -0.39 is 0 Å². The number of aromatic nitrogens is 1. The number of nitrogens with zero attached hydrogens (tertiary/aromatic N) is 2. The second kappa shape index (κ2) is 9.03. The van der Waals surface area contributed by atoms with Crippen molar-refractivity contribution in [3.63, 3.8) is 0 Å². The van der Waals surface area contributed by atoms with E-state index in [1.807, 2.05) is 54.8 Å². The number of amides is 2. The smallest absolute Gasteiger partial charge is 0.256 e. The third kappa shape index (κ3) is 4.99. The van der Waals surface area contributed by atoms with E-state index in [4.69, 9.17) is 0 Å². The molecule has 0 saturated carbocycles. The molecular weight excluding hydrogens is 390 g/mol. The number of nitrogens with one attached hydrogen (secondary N) is 1. The summed E-state index contributed by atoms with van der Waals surface area (Å²) in [6, 6.07) is 14.9. The van der Waals surface area contributed by atoms with Crippen molar-refractivity contribution >= 4 is 40.6 Å². The highest BCUT2D eigenvalue weighted by atomic mass is 32.2. The molecule has 28 heavy (non-hydrogen) atoms. The Morgan fingerprint density at radius 2 is 1.82 bits per heavy atom. The number of hydrogen-bond acceptors (Lipinski definition) is 5. The molecule has 0 aliphatic heterocycles. The van der Waals surface area contributed by atoms with Gasteiger partial charge in [-0.1, -0.05) is 24.3 Å². The molecule has 0 atom stereocenters. The van der Waals surface area contributed by atoms with Gasteiger partial charge in [-0.15, -0.1) is 23.1 Å². The second-order valence-corrected chi connectivity index (χ2v) is 8.44. The Bertz CT molecular complexity index is 981. The first kappa shape index (κ1) is 20.1. The number of thioether (sulfide) groups is 1. The molecule has 2 amide bonds. The minimum absolute atomic E-state index is 0.00748. The average molecular weight is 412 g/mol. The van der Waals surface area contributed by atoms with Gasteiger partial charge >= 0.3 is 0 Å². The highest BCUT2D eigenvalue weighted by molar-refractivity contribution is 8.00. The minimum Gasteiger partial charge on any atom is -0.348 e. The van der Waals surface area contributed by atoms with Gasteiger partial charge in [0.1, 0.15) is 0 Å². The second-order valence-electron chi connectivity index (χ2n) is 6.36. The Balaban J connectivity index is 1.70. The van der Waals surface area contributed by atoms with Crippen LogP contribution in [0.15, 0.2) is 58.8 Å². The fraction of sp³-hybridized carbons (Fsp3) is 0.190. The van der Waals surface area contributed by atoms with E-state index in [9.17, 15) is 9.59 Å². The van der Waals surface area contributed by atoms with E-state index in [-0.39, 0.29) is 11.8 Å². The zero-order valence-corrected chi connectivity index (χ0v) is 17.6. The predicted molar refractivity (Wildman–Crippen MR) is 116 cm³/mol. The monoisotopic (exact) mass is 411 g/mol.